The van der Waals surface area contributed by atoms with Crippen LogP contribution in [0.4, 0.5) is 0 Å². The molecule has 1 N–H and O–H groups in total. The minimum Gasteiger partial charge on any atom is -0.317 e. The molecule has 0 bridgehead atoms. The molecule has 0 radical (unpaired) electrons. The molecule has 138 valence electrons. The summed E-state index contributed by atoms with van der Waals surface area (Å²) < 4.78 is 0. The van der Waals surface area contributed by atoms with E-state index in [1.165, 1.54) is 28.7 Å². The van der Waals surface area contributed by atoms with Gasteiger partial charge in [-0.15, -0.1) is 0 Å². The number of unbranched alkanes of at least 4 members (excludes halogenated alkanes) is 1. The number of hydrogen-bond donors (Lipinski definition) is 1. The van der Waals surface area contributed by atoms with Crippen molar-refractivity contribution in [1.29, 1.82) is 0 Å². The lowest BCUT2D eigenvalue weighted by Crippen LogP contribution is -2.17. The Hall–Kier alpha value is -2.64. The lowest BCUT2D eigenvalue weighted by atomic mass is 9.96. The Bertz CT molecular complexity index is 750. The van der Waals surface area contributed by atoms with Crippen molar-refractivity contribution in [2.24, 2.45) is 0 Å². The fourth-order valence-electron chi connectivity index (χ4n) is 3.30. The van der Waals surface area contributed by atoms with E-state index < -0.39 is 0 Å². The zero-order chi connectivity index (χ0) is 18.6. The summed E-state index contributed by atoms with van der Waals surface area (Å²) in [6.07, 6.45) is 6.98. The Labute approximate surface area is 163 Å². The third kappa shape index (κ3) is 6.54. The summed E-state index contributed by atoms with van der Waals surface area (Å²) >= 11 is 0. The molecular weight excluding hydrogens is 326 g/mol. The summed E-state index contributed by atoms with van der Waals surface area (Å²) in [6.45, 7) is 2.16. The monoisotopic (exact) mass is 355 g/mol. The van der Waals surface area contributed by atoms with E-state index in [0.29, 0.717) is 0 Å². The molecule has 0 saturated carbocycles. The average molecular weight is 356 g/mol. The largest absolute Gasteiger partial charge is 0.317 e. The molecular formula is C26H29N. The number of aryl methyl sites for hydroxylation is 1. The van der Waals surface area contributed by atoms with Crippen molar-refractivity contribution in [1.82, 2.24) is 5.32 Å². The van der Waals surface area contributed by atoms with Gasteiger partial charge in [0.1, 0.15) is 0 Å². The van der Waals surface area contributed by atoms with Gasteiger partial charge in [0.25, 0.3) is 0 Å². The number of allylic oxidation sites excluding steroid dienone is 1. The smallest absolute Gasteiger partial charge is 0.00457 e. The predicted molar refractivity (Wildman–Crippen MR) is 117 cm³/mol. The summed E-state index contributed by atoms with van der Waals surface area (Å²) in [7, 11) is 0. The van der Waals surface area contributed by atoms with Crippen LogP contribution in [0.5, 0.6) is 0 Å². The summed E-state index contributed by atoms with van der Waals surface area (Å²) in [6, 6.07) is 32.1. The molecule has 0 atom stereocenters. The first-order chi connectivity index (χ1) is 13.4. The van der Waals surface area contributed by atoms with Crippen molar-refractivity contribution >= 4 is 5.57 Å². The van der Waals surface area contributed by atoms with E-state index in [4.69, 9.17) is 0 Å². The van der Waals surface area contributed by atoms with E-state index >= 15 is 0 Å². The van der Waals surface area contributed by atoms with Crippen molar-refractivity contribution in [2.75, 3.05) is 13.1 Å². The van der Waals surface area contributed by atoms with Crippen molar-refractivity contribution in [2.45, 2.75) is 25.7 Å². The quantitative estimate of drug-likeness (QED) is 0.432. The van der Waals surface area contributed by atoms with Crippen molar-refractivity contribution in [3.63, 3.8) is 0 Å². The van der Waals surface area contributed by atoms with Gasteiger partial charge in [0.05, 0.1) is 0 Å². The first kappa shape index (κ1) is 19.1. The van der Waals surface area contributed by atoms with Crippen LogP contribution >= 0.6 is 0 Å². The van der Waals surface area contributed by atoms with Crippen LogP contribution in [0, 0.1) is 0 Å². The van der Waals surface area contributed by atoms with Crippen molar-refractivity contribution in [3.8, 4) is 0 Å². The third-order valence-corrected chi connectivity index (χ3v) is 4.74. The molecule has 0 heterocycles. The van der Waals surface area contributed by atoms with E-state index in [2.05, 4.69) is 102 Å². The van der Waals surface area contributed by atoms with E-state index in [9.17, 15) is 0 Å². The molecule has 0 unspecified atom stereocenters. The summed E-state index contributed by atoms with van der Waals surface area (Å²) in [5.74, 6) is 0. The van der Waals surface area contributed by atoms with Gasteiger partial charge in [0, 0.05) is 0 Å². The minimum absolute atomic E-state index is 1.07. The van der Waals surface area contributed by atoms with Crippen LogP contribution in [0.3, 0.4) is 0 Å². The second-order valence-corrected chi connectivity index (χ2v) is 6.83. The Morgan fingerprint density at radius 2 is 1.15 bits per heavy atom. The molecule has 0 saturated heterocycles. The highest BCUT2D eigenvalue weighted by molar-refractivity contribution is 5.79. The van der Waals surface area contributed by atoms with Gasteiger partial charge in [-0.25, -0.2) is 0 Å². The fraction of sp³-hybridized carbons (Fsp3) is 0.231. The first-order valence-corrected chi connectivity index (χ1v) is 9.99. The lowest BCUT2D eigenvalue weighted by molar-refractivity contribution is 0.626. The minimum atomic E-state index is 1.07. The highest BCUT2D eigenvalue weighted by atomic mass is 14.8. The SMILES string of the molecule is C(CCCNCCCc1ccccc1)=C(c1ccccc1)c1ccccc1. The standard InChI is InChI=1S/C26H29N/c1-4-13-23(14-5-1)15-12-22-27-21-11-10-20-26(24-16-6-2-7-17-24)25-18-8-3-9-19-25/h1-9,13-14,16-20,27H,10-12,15,21-22H2. The molecule has 27 heavy (non-hydrogen) atoms. The second kappa shape index (κ2) is 11.2. The van der Waals surface area contributed by atoms with Crippen LogP contribution in [0.25, 0.3) is 5.57 Å². The Balaban J connectivity index is 1.44. The van der Waals surface area contributed by atoms with Gasteiger partial charge in [-0.1, -0.05) is 97.1 Å². The third-order valence-electron chi connectivity index (χ3n) is 4.74. The van der Waals surface area contributed by atoms with E-state index in [0.717, 1.165) is 32.4 Å². The van der Waals surface area contributed by atoms with Gasteiger partial charge >= 0.3 is 0 Å². The Morgan fingerprint density at radius 1 is 0.630 bits per heavy atom. The number of benzene rings is 3. The van der Waals surface area contributed by atoms with Crippen LogP contribution in [-0.2, 0) is 6.42 Å². The highest BCUT2D eigenvalue weighted by Gasteiger charge is 2.03. The molecule has 0 spiro atoms. The Morgan fingerprint density at radius 3 is 1.74 bits per heavy atom. The van der Waals surface area contributed by atoms with Crippen LogP contribution < -0.4 is 5.32 Å². The van der Waals surface area contributed by atoms with Gasteiger partial charge in [-0.3, -0.25) is 0 Å². The molecule has 0 aromatic heterocycles. The van der Waals surface area contributed by atoms with Gasteiger partial charge in [-0.2, -0.15) is 0 Å². The van der Waals surface area contributed by atoms with Crippen molar-refractivity contribution < 1.29 is 0 Å². The highest BCUT2D eigenvalue weighted by Crippen LogP contribution is 2.23. The number of nitrogens with one attached hydrogen (secondary N) is 1. The lowest BCUT2D eigenvalue weighted by Gasteiger charge is -2.09. The predicted octanol–water partition coefficient (Wildman–Crippen LogP) is 6.12. The van der Waals surface area contributed by atoms with E-state index in [1.807, 2.05) is 0 Å². The molecule has 0 fully saturated rings. The zero-order valence-corrected chi connectivity index (χ0v) is 16.0. The fourth-order valence-corrected chi connectivity index (χ4v) is 3.30. The maximum atomic E-state index is 3.58. The van der Waals surface area contributed by atoms with E-state index in [-0.39, 0.29) is 0 Å². The molecule has 0 amide bonds. The van der Waals surface area contributed by atoms with Gasteiger partial charge in [-0.05, 0) is 61.0 Å². The molecule has 1 heteroatoms. The van der Waals surface area contributed by atoms with Gasteiger partial charge < -0.3 is 5.32 Å². The van der Waals surface area contributed by atoms with Crippen LogP contribution in [-0.4, -0.2) is 13.1 Å². The summed E-state index contributed by atoms with van der Waals surface area (Å²) in [4.78, 5) is 0. The number of rotatable bonds is 10. The van der Waals surface area contributed by atoms with Crippen LogP contribution in [0.15, 0.2) is 97.1 Å². The number of hydrogen-bond acceptors (Lipinski definition) is 1. The molecule has 0 aliphatic carbocycles. The van der Waals surface area contributed by atoms with Gasteiger partial charge in [0.2, 0.25) is 0 Å². The summed E-state index contributed by atoms with van der Waals surface area (Å²) in [5.41, 5.74) is 5.34. The first-order valence-electron chi connectivity index (χ1n) is 9.99. The summed E-state index contributed by atoms with van der Waals surface area (Å²) in [5, 5.41) is 3.58. The molecule has 0 aliphatic rings. The molecule has 3 aromatic carbocycles. The van der Waals surface area contributed by atoms with Gasteiger partial charge in [0.15, 0.2) is 0 Å². The zero-order valence-electron chi connectivity index (χ0n) is 16.0. The molecule has 1 nitrogen and oxygen atoms in total. The maximum absolute atomic E-state index is 3.58. The second-order valence-electron chi connectivity index (χ2n) is 6.83. The van der Waals surface area contributed by atoms with Crippen molar-refractivity contribution in [3.05, 3.63) is 114 Å². The van der Waals surface area contributed by atoms with E-state index in [1.54, 1.807) is 0 Å². The maximum Gasteiger partial charge on any atom is -0.00457 e. The molecule has 3 aromatic rings. The topological polar surface area (TPSA) is 12.0 Å². The molecule has 0 aliphatic heterocycles. The van der Waals surface area contributed by atoms with Crippen LogP contribution in [0.2, 0.25) is 0 Å². The average Bonchev–Trinajstić information content (AvgIpc) is 2.75. The Kier molecular flexibility index (Phi) is 7.90. The normalized spacial score (nSPS) is 10.5. The van der Waals surface area contributed by atoms with Crippen LogP contribution in [0.1, 0.15) is 36.0 Å². The molecule has 3 rings (SSSR count).